The minimum atomic E-state index is -0.511. The molecule has 1 aromatic heterocycles. The fourth-order valence-electron chi connectivity index (χ4n) is 4.39. The molecule has 0 saturated heterocycles. The lowest BCUT2D eigenvalue weighted by molar-refractivity contribution is 1.08. The highest BCUT2D eigenvalue weighted by molar-refractivity contribution is 6.00. The first-order valence-electron chi connectivity index (χ1n) is 10.4. The van der Waals surface area contributed by atoms with Gasteiger partial charge in [0, 0.05) is 5.56 Å². The van der Waals surface area contributed by atoms with Crippen molar-refractivity contribution in [1.82, 2.24) is 9.97 Å². The van der Waals surface area contributed by atoms with Crippen LogP contribution in [-0.4, -0.2) is 9.97 Å². The summed E-state index contributed by atoms with van der Waals surface area (Å²) in [6, 6.07) is 32.7. The Morgan fingerprint density at radius 3 is 1.78 bits per heavy atom. The number of hydrogen-bond donors (Lipinski definition) is 2. The summed E-state index contributed by atoms with van der Waals surface area (Å²) in [4.78, 5) is 30.0. The zero-order valence-corrected chi connectivity index (χ0v) is 17.1. The van der Waals surface area contributed by atoms with Crippen LogP contribution in [0.1, 0.15) is 0 Å². The maximum absolute atomic E-state index is 12.7. The first kappa shape index (κ1) is 18.3. The summed E-state index contributed by atoms with van der Waals surface area (Å²) < 4.78 is 0. The third-order valence-electron chi connectivity index (χ3n) is 5.99. The third kappa shape index (κ3) is 3.01. The van der Waals surface area contributed by atoms with Gasteiger partial charge in [-0.15, -0.1) is 0 Å². The van der Waals surface area contributed by atoms with Crippen LogP contribution in [0, 0.1) is 0 Å². The van der Waals surface area contributed by atoms with Gasteiger partial charge >= 0.3 is 5.69 Å². The molecule has 1 heterocycles. The van der Waals surface area contributed by atoms with E-state index in [-0.39, 0.29) is 0 Å². The van der Waals surface area contributed by atoms with Crippen LogP contribution in [0.5, 0.6) is 0 Å². The van der Waals surface area contributed by atoms with Gasteiger partial charge < -0.3 is 4.98 Å². The Hall–Kier alpha value is -4.44. The van der Waals surface area contributed by atoms with E-state index >= 15 is 0 Å². The molecule has 0 spiro atoms. The summed E-state index contributed by atoms with van der Waals surface area (Å²) in [5.74, 6) is 0. The maximum atomic E-state index is 12.7. The average Bonchev–Trinajstić information content (AvgIpc) is 2.83. The van der Waals surface area contributed by atoms with Gasteiger partial charge in [0.25, 0.3) is 5.56 Å². The lowest BCUT2D eigenvalue weighted by Gasteiger charge is -2.12. The maximum Gasteiger partial charge on any atom is 0.326 e. The van der Waals surface area contributed by atoms with Crippen LogP contribution < -0.4 is 11.2 Å². The van der Waals surface area contributed by atoms with Crippen molar-refractivity contribution in [3.05, 3.63) is 118 Å². The number of benzene rings is 5. The predicted octanol–water partition coefficient (Wildman–Crippen LogP) is 5.86. The third-order valence-corrected chi connectivity index (χ3v) is 5.99. The monoisotopic (exact) mass is 414 g/mol. The SMILES string of the molecule is O=c1[nH]c(=O)c2cc(-c3ccc4ccccc4c3)cc(-c3ccc4ccccc4c3)c2[nH]1. The second-order valence-electron chi connectivity index (χ2n) is 7.98. The fourth-order valence-corrected chi connectivity index (χ4v) is 4.39. The van der Waals surface area contributed by atoms with Gasteiger partial charge in [0.15, 0.2) is 0 Å². The van der Waals surface area contributed by atoms with Crippen molar-refractivity contribution in [1.29, 1.82) is 0 Å². The average molecular weight is 414 g/mol. The molecule has 4 heteroatoms. The lowest BCUT2D eigenvalue weighted by Crippen LogP contribution is -2.22. The first-order valence-corrected chi connectivity index (χ1v) is 10.4. The van der Waals surface area contributed by atoms with Crippen LogP contribution in [0.3, 0.4) is 0 Å². The molecule has 152 valence electrons. The van der Waals surface area contributed by atoms with E-state index in [0.717, 1.165) is 43.8 Å². The van der Waals surface area contributed by atoms with E-state index in [2.05, 4.69) is 64.6 Å². The highest BCUT2D eigenvalue weighted by Crippen LogP contribution is 2.34. The molecule has 0 radical (unpaired) electrons. The van der Waals surface area contributed by atoms with Gasteiger partial charge in [0.2, 0.25) is 0 Å². The molecule has 6 rings (SSSR count). The van der Waals surface area contributed by atoms with E-state index in [1.165, 1.54) is 0 Å². The van der Waals surface area contributed by atoms with Gasteiger partial charge in [-0.1, -0.05) is 72.8 Å². The summed E-state index contributed by atoms with van der Waals surface area (Å²) >= 11 is 0. The summed E-state index contributed by atoms with van der Waals surface area (Å²) in [7, 11) is 0. The van der Waals surface area contributed by atoms with Gasteiger partial charge in [-0.2, -0.15) is 0 Å². The summed E-state index contributed by atoms with van der Waals surface area (Å²) in [5.41, 5.74) is 3.33. The molecular weight excluding hydrogens is 396 g/mol. The van der Waals surface area contributed by atoms with Gasteiger partial charge in [0.1, 0.15) is 0 Å². The molecule has 0 bridgehead atoms. The van der Waals surface area contributed by atoms with Crippen LogP contribution in [0.25, 0.3) is 54.7 Å². The first-order chi connectivity index (χ1) is 15.7. The topological polar surface area (TPSA) is 65.7 Å². The van der Waals surface area contributed by atoms with E-state index in [1.807, 2.05) is 42.5 Å². The standard InChI is InChI=1S/C28H18N2O2/c31-27-25-16-23(21-11-9-17-5-1-3-7-19(17)13-21)15-24(26(25)29-28(32)30-27)22-12-10-18-6-2-4-8-20(18)14-22/h1-16H,(H2,29,30,31,32). The zero-order valence-electron chi connectivity index (χ0n) is 17.1. The number of hydrogen-bond acceptors (Lipinski definition) is 2. The van der Waals surface area contributed by atoms with Crippen molar-refractivity contribution < 1.29 is 0 Å². The highest BCUT2D eigenvalue weighted by Gasteiger charge is 2.13. The van der Waals surface area contributed by atoms with Crippen LogP contribution in [0.15, 0.2) is 107 Å². The molecule has 0 amide bonds. The number of fused-ring (bicyclic) bond motifs is 3. The summed E-state index contributed by atoms with van der Waals surface area (Å²) in [6.07, 6.45) is 0. The Bertz CT molecular complexity index is 1780. The van der Waals surface area contributed by atoms with Gasteiger partial charge in [-0.25, -0.2) is 4.79 Å². The van der Waals surface area contributed by atoms with Crippen LogP contribution in [0.2, 0.25) is 0 Å². The number of rotatable bonds is 2. The molecule has 2 N–H and O–H groups in total. The molecule has 0 aliphatic carbocycles. The number of aromatic amines is 2. The van der Waals surface area contributed by atoms with Crippen molar-refractivity contribution in [2.45, 2.75) is 0 Å². The Morgan fingerprint density at radius 1 is 0.500 bits per heavy atom. The molecule has 0 aliphatic heterocycles. The van der Waals surface area contributed by atoms with Crippen LogP contribution >= 0.6 is 0 Å². The molecule has 0 saturated carbocycles. The van der Waals surface area contributed by atoms with Crippen molar-refractivity contribution >= 4 is 32.4 Å². The zero-order chi connectivity index (χ0) is 21.7. The molecular formula is C28H18N2O2. The van der Waals surface area contributed by atoms with Crippen LogP contribution in [-0.2, 0) is 0 Å². The fraction of sp³-hybridized carbons (Fsp3) is 0. The minimum absolute atomic E-state index is 0.395. The van der Waals surface area contributed by atoms with E-state index in [0.29, 0.717) is 10.9 Å². The number of aromatic nitrogens is 2. The number of H-pyrrole nitrogens is 2. The molecule has 0 fully saturated rings. The predicted molar refractivity (Wildman–Crippen MR) is 131 cm³/mol. The smallest absolute Gasteiger partial charge is 0.306 e. The van der Waals surface area contributed by atoms with E-state index < -0.39 is 11.2 Å². The molecule has 0 aliphatic rings. The Kier molecular flexibility index (Phi) is 4.05. The van der Waals surface area contributed by atoms with Crippen molar-refractivity contribution in [3.63, 3.8) is 0 Å². The largest absolute Gasteiger partial charge is 0.326 e. The van der Waals surface area contributed by atoms with Gasteiger partial charge in [-0.3, -0.25) is 9.78 Å². The summed E-state index contributed by atoms with van der Waals surface area (Å²) in [5, 5.41) is 4.99. The Balaban J connectivity index is 1.67. The Morgan fingerprint density at radius 2 is 1.09 bits per heavy atom. The molecule has 6 aromatic rings. The van der Waals surface area contributed by atoms with Gasteiger partial charge in [-0.05, 0) is 62.5 Å². The van der Waals surface area contributed by atoms with E-state index in [4.69, 9.17) is 0 Å². The number of nitrogens with one attached hydrogen (secondary N) is 2. The molecule has 0 unspecified atom stereocenters. The van der Waals surface area contributed by atoms with E-state index in [1.54, 1.807) is 0 Å². The van der Waals surface area contributed by atoms with Crippen molar-refractivity contribution in [2.24, 2.45) is 0 Å². The van der Waals surface area contributed by atoms with Crippen molar-refractivity contribution in [2.75, 3.05) is 0 Å². The molecule has 0 atom stereocenters. The Labute approximate surface area is 182 Å². The molecule has 32 heavy (non-hydrogen) atoms. The molecule has 4 nitrogen and oxygen atoms in total. The lowest BCUT2D eigenvalue weighted by atomic mass is 9.94. The van der Waals surface area contributed by atoms with Crippen molar-refractivity contribution in [3.8, 4) is 22.3 Å². The molecule has 5 aromatic carbocycles. The van der Waals surface area contributed by atoms with E-state index in [9.17, 15) is 9.59 Å². The minimum Gasteiger partial charge on any atom is -0.306 e. The van der Waals surface area contributed by atoms with Gasteiger partial charge in [0.05, 0.1) is 10.9 Å². The highest BCUT2D eigenvalue weighted by atomic mass is 16.2. The summed E-state index contributed by atoms with van der Waals surface area (Å²) in [6.45, 7) is 0. The quantitative estimate of drug-likeness (QED) is 0.373. The van der Waals surface area contributed by atoms with Crippen LogP contribution in [0.4, 0.5) is 0 Å². The second-order valence-corrected chi connectivity index (χ2v) is 7.98. The second kappa shape index (κ2) is 7.06. The normalized spacial score (nSPS) is 11.4.